The second-order valence-electron chi connectivity index (χ2n) is 15.0. The molecule has 0 saturated carbocycles. The van der Waals surface area contributed by atoms with Crippen LogP contribution in [-0.4, -0.2) is 36.9 Å². The minimum Gasteiger partial charge on any atom is -0.410 e. The van der Waals surface area contributed by atoms with E-state index < -0.39 is 36.3 Å². The highest BCUT2D eigenvalue weighted by atomic mass is 32.5. The van der Waals surface area contributed by atoms with Crippen molar-refractivity contribution in [2.24, 2.45) is 5.41 Å². The highest BCUT2D eigenvalue weighted by Crippen LogP contribution is 3.01. The number of hydrogen-bond donors (Lipinski definition) is 1. The van der Waals surface area contributed by atoms with Crippen LogP contribution in [0.25, 0.3) is 5.57 Å². The normalized spacial score (nSPS) is 25.4. The SMILES string of the molecule is CC(C)c1nc2c(c(C3=CCOCC3)c1C(O)C1=CCC(S(F)(F)(F)(F)F)C=C1)C(O[Si](C)(C)C(C)(C)C)CC(C)(C)C2. The Bertz CT molecular complexity index is 1360. The summed E-state index contributed by atoms with van der Waals surface area (Å²) in [6.45, 7) is 20.2. The third kappa shape index (κ3) is 7.32. The first-order valence-electron chi connectivity index (χ1n) is 15.1. The molecule has 0 amide bonds. The van der Waals surface area contributed by atoms with E-state index in [0.29, 0.717) is 43.4 Å². The predicted octanol–water partition coefficient (Wildman–Crippen LogP) is 10.6. The van der Waals surface area contributed by atoms with Crippen molar-refractivity contribution in [3.8, 4) is 0 Å². The smallest absolute Gasteiger partial charge is 0.291 e. The molecule has 11 heteroatoms. The molecule has 1 aromatic heterocycles. The first-order valence-corrected chi connectivity index (χ1v) is 20.0. The van der Waals surface area contributed by atoms with E-state index in [9.17, 15) is 24.5 Å². The van der Waals surface area contributed by atoms with Crippen LogP contribution in [0.2, 0.25) is 18.1 Å². The molecule has 3 atom stereocenters. The number of nitrogens with zero attached hydrogens (tertiary/aromatic N) is 1. The lowest BCUT2D eigenvalue weighted by Gasteiger charge is -2.46. The molecule has 3 unspecified atom stereocenters. The van der Waals surface area contributed by atoms with Gasteiger partial charge in [-0.25, -0.2) is 0 Å². The van der Waals surface area contributed by atoms with Gasteiger partial charge >= 0.3 is 0 Å². The number of pyridine rings is 1. The third-order valence-corrected chi connectivity index (χ3v) is 15.4. The standard InChI is InChI=1S/C32H48F5NO3SSi/c1-20(2)29-28(30(39)22-10-12-23(13-11-22)42(33,34,35,36)37)26(21-14-16-40-17-15-21)27-24(38-29)18-32(6,7)19-25(27)41-43(8,9)31(3,4)5/h10-12,14,20,23,25,30,39H,13,15-19H2,1-9H3. The van der Waals surface area contributed by atoms with Gasteiger partial charge in [-0.05, 0) is 71.9 Å². The number of aromatic nitrogens is 1. The first-order chi connectivity index (χ1) is 19.3. The highest BCUT2D eigenvalue weighted by Gasteiger charge is 2.68. The summed E-state index contributed by atoms with van der Waals surface area (Å²) in [5, 5.41) is 9.03. The summed E-state index contributed by atoms with van der Waals surface area (Å²) in [5.74, 6) is -0.121. The number of aliphatic hydroxyl groups excluding tert-OH is 1. The average Bonchev–Trinajstić information content (AvgIpc) is 2.85. The fraction of sp³-hybridized carbons (Fsp3) is 0.656. The van der Waals surface area contributed by atoms with Gasteiger partial charge in [0.15, 0.2) is 8.32 Å². The number of aliphatic hydroxyl groups is 1. The van der Waals surface area contributed by atoms with Crippen LogP contribution in [0.1, 0.15) is 114 Å². The summed E-state index contributed by atoms with van der Waals surface area (Å²) in [4.78, 5) is 5.17. The van der Waals surface area contributed by atoms with Gasteiger partial charge in [0.1, 0.15) is 11.4 Å². The van der Waals surface area contributed by atoms with E-state index in [1.165, 1.54) is 0 Å². The van der Waals surface area contributed by atoms with Crippen molar-refractivity contribution in [2.75, 3.05) is 13.2 Å². The van der Waals surface area contributed by atoms with Crippen molar-refractivity contribution in [3.63, 3.8) is 0 Å². The Morgan fingerprint density at radius 1 is 1.12 bits per heavy atom. The van der Waals surface area contributed by atoms with Gasteiger partial charge < -0.3 is 14.3 Å². The van der Waals surface area contributed by atoms with Gasteiger partial charge in [-0.2, -0.15) is 0 Å². The molecule has 2 heterocycles. The zero-order valence-corrected chi connectivity index (χ0v) is 28.7. The molecule has 0 spiro atoms. The summed E-state index contributed by atoms with van der Waals surface area (Å²) in [6, 6.07) is 0. The van der Waals surface area contributed by atoms with Gasteiger partial charge in [-0.1, -0.05) is 92.2 Å². The van der Waals surface area contributed by atoms with E-state index in [1.54, 1.807) is 0 Å². The van der Waals surface area contributed by atoms with Gasteiger partial charge in [0.2, 0.25) is 0 Å². The molecule has 0 aromatic carbocycles. The van der Waals surface area contributed by atoms with Crippen LogP contribution >= 0.6 is 10.2 Å². The fourth-order valence-corrected chi connectivity index (χ4v) is 8.16. The molecule has 4 rings (SSSR count). The number of allylic oxidation sites excluding steroid dienone is 1. The van der Waals surface area contributed by atoms with Crippen molar-refractivity contribution < 1.29 is 33.7 Å². The lowest BCUT2D eigenvalue weighted by molar-refractivity contribution is 0.105. The van der Waals surface area contributed by atoms with Crippen LogP contribution in [0.4, 0.5) is 19.4 Å². The zero-order valence-electron chi connectivity index (χ0n) is 26.9. The Balaban J connectivity index is 1.96. The first kappa shape index (κ1) is 34.3. The Kier molecular flexibility index (Phi) is 8.39. The van der Waals surface area contributed by atoms with E-state index in [0.717, 1.165) is 41.0 Å². The maximum absolute atomic E-state index is 13.6. The maximum Gasteiger partial charge on any atom is 0.291 e. The summed E-state index contributed by atoms with van der Waals surface area (Å²) >= 11 is 0. The van der Waals surface area contributed by atoms with Gasteiger partial charge in [0, 0.05) is 22.5 Å². The van der Waals surface area contributed by atoms with Gasteiger partial charge in [-0.3, -0.25) is 4.98 Å². The molecule has 0 radical (unpaired) electrons. The number of hydrogen-bond acceptors (Lipinski definition) is 4. The molecule has 43 heavy (non-hydrogen) atoms. The summed E-state index contributed by atoms with van der Waals surface area (Å²) < 4.78 is 80.5. The number of ether oxygens (including phenoxy) is 1. The Morgan fingerprint density at radius 2 is 1.77 bits per heavy atom. The summed E-state index contributed by atoms with van der Waals surface area (Å²) in [6.07, 6.45) is 4.08. The molecule has 0 fully saturated rings. The van der Waals surface area contributed by atoms with Crippen LogP contribution < -0.4 is 0 Å². The monoisotopic (exact) mass is 649 g/mol. The van der Waals surface area contributed by atoms with Crippen LogP contribution in [0, 0.1) is 5.41 Å². The lowest BCUT2D eigenvalue weighted by Crippen LogP contribution is -2.44. The Morgan fingerprint density at radius 3 is 2.26 bits per heavy atom. The van der Waals surface area contributed by atoms with Crippen molar-refractivity contribution in [1.82, 2.24) is 4.98 Å². The minimum atomic E-state index is -9.73. The second kappa shape index (κ2) is 10.5. The summed E-state index contributed by atoms with van der Waals surface area (Å²) in [5.41, 5.74) is 4.89. The van der Waals surface area contributed by atoms with Crippen LogP contribution in [0.3, 0.4) is 0 Å². The fourth-order valence-electron chi connectivity index (χ4n) is 6.06. The van der Waals surface area contributed by atoms with E-state index in [2.05, 4.69) is 47.7 Å². The maximum atomic E-state index is 13.6. The molecule has 244 valence electrons. The summed E-state index contributed by atoms with van der Waals surface area (Å²) in [7, 11) is -12.0. The Labute approximate surface area is 254 Å². The van der Waals surface area contributed by atoms with Crippen molar-refractivity contribution in [1.29, 1.82) is 0 Å². The molecule has 2 aliphatic carbocycles. The number of fused-ring (bicyclic) bond motifs is 1. The predicted molar refractivity (Wildman–Crippen MR) is 169 cm³/mol. The second-order valence-corrected chi connectivity index (χ2v) is 22.5. The molecular weight excluding hydrogens is 601 g/mol. The van der Waals surface area contributed by atoms with Crippen molar-refractivity contribution in [3.05, 3.63) is 58.0 Å². The zero-order chi connectivity index (χ0) is 32.5. The van der Waals surface area contributed by atoms with Crippen molar-refractivity contribution >= 4 is 24.1 Å². The van der Waals surface area contributed by atoms with E-state index >= 15 is 0 Å². The van der Waals surface area contributed by atoms with E-state index in [4.69, 9.17) is 14.1 Å². The molecule has 1 aliphatic heterocycles. The lowest BCUT2D eigenvalue weighted by atomic mass is 9.71. The quantitative estimate of drug-likeness (QED) is 0.236. The number of halogens is 5. The van der Waals surface area contributed by atoms with Crippen molar-refractivity contribution in [2.45, 2.75) is 116 Å². The van der Waals surface area contributed by atoms with Gasteiger partial charge in [0.25, 0.3) is 10.2 Å². The topological polar surface area (TPSA) is 51.6 Å². The molecule has 0 saturated heterocycles. The largest absolute Gasteiger partial charge is 0.410 e. The molecular formula is C32H48F5NO3SSi. The molecule has 1 aromatic rings. The molecule has 0 bridgehead atoms. The highest BCUT2D eigenvalue weighted by molar-refractivity contribution is 8.46. The molecule has 4 nitrogen and oxygen atoms in total. The van der Waals surface area contributed by atoms with E-state index in [1.807, 2.05) is 19.9 Å². The Hall–Kier alpha value is -1.53. The molecule has 1 N–H and O–H groups in total. The third-order valence-electron chi connectivity index (χ3n) is 9.41. The molecule has 3 aliphatic rings. The van der Waals surface area contributed by atoms with Crippen LogP contribution in [0.15, 0.2) is 29.9 Å². The average molecular weight is 650 g/mol. The van der Waals surface area contributed by atoms with Gasteiger partial charge in [-0.15, -0.1) is 0 Å². The van der Waals surface area contributed by atoms with Gasteiger partial charge in [0.05, 0.1) is 19.3 Å². The van der Waals surface area contributed by atoms with E-state index in [-0.39, 0.29) is 28.0 Å². The van der Waals surface area contributed by atoms with Crippen LogP contribution in [0.5, 0.6) is 0 Å². The number of rotatable bonds is 7. The minimum absolute atomic E-state index is 0.0579. The van der Waals surface area contributed by atoms with Crippen LogP contribution in [-0.2, 0) is 15.6 Å².